The highest BCUT2D eigenvalue weighted by atomic mass is 35.5. The van der Waals surface area contributed by atoms with E-state index in [9.17, 15) is 4.79 Å². The van der Waals surface area contributed by atoms with Crippen molar-refractivity contribution in [1.29, 1.82) is 0 Å². The van der Waals surface area contributed by atoms with Crippen molar-refractivity contribution in [3.63, 3.8) is 0 Å². The summed E-state index contributed by atoms with van der Waals surface area (Å²) in [6.45, 7) is 0.720. The Morgan fingerprint density at radius 3 is 2.60 bits per heavy atom. The Balaban J connectivity index is 1.33. The zero-order chi connectivity index (χ0) is 17.3. The van der Waals surface area contributed by atoms with Crippen molar-refractivity contribution in [3.05, 3.63) is 64.7 Å². The lowest BCUT2D eigenvalue weighted by Crippen LogP contribution is -2.32. The van der Waals surface area contributed by atoms with Gasteiger partial charge in [-0.05, 0) is 67.0 Å². The van der Waals surface area contributed by atoms with E-state index in [-0.39, 0.29) is 11.5 Å². The van der Waals surface area contributed by atoms with E-state index in [1.54, 1.807) is 12.1 Å². The standard InChI is InChI=1S/C21H22ClNO2/c22-17-5-7-18(8-6-17)23-20(24)13-15-9-11-21(12-10-15)19-4-2-1-3-16(19)14-25-21/h1-8,15H,9-14H2,(H,23,24). The van der Waals surface area contributed by atoms with Gasteiger partial charge in [-0.15, -0.1) is 0 Å². The van der Waals surface area contributed by atoms with E-state index in [0.29, 0.717) is 17.4 Å². The van der Waals surface area contributed by atoms with Crippen LogP contribution < -0.4 is 5.32 Å². The van der Waals surface area contributed by atoms with Gasteiger partial charge in [0.2, 0.25) is 5.91 Å². The van der Waals surface area contributed by atoms with E-state index >= 15 is 0 Å². The van der Waals surface area contributed by atoms with Crippen LogP contribution in [0.2, 0.25) is 5.02 Å². The normalized spacial score (nSPS) is 24.9. The number of halogens is 1. The van der Waals surface area contributed by atoms with E-state index in [1.807, 2.05) is 12.1 Å². The van der Waals surface area contributed by atoms with Gasteiger partial charge in [-0.25, -0.2) is 0 Å². The molecule has 0 bridgehead atoms. The van der Waals surface area contributed by atoms with Crippen LogP contribution in [0.25, 0.3) is 0 Å². The number of benzene rings is 2. The highest BCUT2D eigenvalue weighted by molar-refractivity contribution is 6.30. The van der Waals surface area contributed by atoms with Gasteiger partial charge < -0.3 is 10.1 Å². The number of amides is 1. The molecule has 1 fully saturated rings. The first-order valence-corrected chi connectivity index (χ1v) is 9.30. The fourth-order valence-corrected chi connectivity index (χ4v) is 4.28. The highest BCUT2D eigenvalue weighted by Gasteiger charge is 2.42. The summed E-state index contributed by atoms with van der Waals surface area (Å²) >= 11 is 5.87. The molecule has 25 heavy (non-hydrogen) atoms. The zero-order valence-corrected chi connectivity index (χ0v) is 14.9. The molecule has 1 aliphatic carbocycles. The van der Waals surface area contributed by atoms with Crippen molar-refractivity contribution in [3.8, 4) is 0 Å². The number of ether oxygens (including phenoxy) is 1. The van der Waals surface area contributed by atoms with Crippen molar-refractivity contribution in [2.75, 3.05) is 5.32 Å². The first kappa shape index (κ1) is 16.6. The molecule has 1 saturated carbocycles. The molecule has 0 saturated heterocycles. The van der Waals surface area contributed by atoms with Crippen LogP contribution in [-0.4, -0.2) is 5.91 Å². The quantitative estimate of drug-likeness (QED) is 0.812. The summed E-state index contributed by atoms with van der Waals surface area (Å²) in [7, 11) is 0. The molecule has 0 radical (unpaired) electrons. The highest BCUT2D eigenvalue weighted by Crippen LogP contribution is 2.48. The van der Waals surface area contributed by atoms with Gasteiger partial charge in [0.05, 0.1) is 12.2 Å². The Labute approximate surface area is 153 Å². The number of hydrogen-bond acceptors (Lipinski definition) is 2. The third-order valence-corrected chi connectivity index (χ3v) is 5.78. The van der Waals surface area contributed by atoms with Gasteiger partial charge in [-0.2, -0.15) is 0 Å². The van der Waals surface area contributed by atoms with Crippen LogP contribution in [0.15, 0.2) is 48.5 Å². The molecule has 4 rings (SSSR count). The first-order valence-electron chi connectivity index (χ1n) is 8.92. The van der Waals surface area contributed by atoms with E-state index in [4.69, 9.17) is 16.3 Å². The minimum absolute atomic E-state index is 0.0796. The molecule has 2 aromatic carbocycles. The Morgan fingerprint density at radius 2 is 1.84 bits per heavy atom. The summed E-state index contributed by atoms with van der Waals surface area (Å²) in [4.78, 5) is 12.3. The summed E-state index contributed by atoms with van der Waals surface area (Å²) in [5, 5.41) is 3.64. The molecule has 1 aliphatic heterocycles. The second kappa shape index (κ2) is 6.81. The van der Waals surface area contributed by atoms with Crippen molar-refractivity contribution in [1.82, 2.24) is 0 Å². The SMILES string of the molecule is O=C(CC1CCC2(CC1)OCc1ccccc12)Nc1ccc(Cl)cc1. The van der Waals surface area contributed by atoms with E-state index < -0.39 is 0 Å². The molecule has 3 nitrogen and oxygen atoms in total. The van der Waals surface area contributed by atoms with Crippen molar-refractivity contribution in [2.24, 2.45) is 5.92 Å². The predicted octanol–water partition coefficient (Wildman–Crippen LogP) is 5.28. The number of anilines is 1. The largest absolute Gasteiger partial charge is 0.366 e. The molecular formula is C21H22ClNO2. The van der Waals surface area contributed by atoms with Crippen LogP contribution in [0, 0.1) is 5.92 Å². The zero-order valence-electron chi connectivity index (χ0n) is 14.1. The molecular weight excluding hydrogens is 334 g/mol. The summed E-state index contributed by atoms with van der Waals surface area (Å²) in [5.41, 5.74) is 3.37. The second-order valence-electron chi connectivity index (χ2n) is 7.14. The Hall–Kier alpha value is -1.84. The summed E-state index contributed by atoms with van der Waals surface area (Å²) in [6.07, 6.45) is 4.64. The maximum Gasteiger partial charge on any atom is 0.224 e. The molecule has 130 valence electrons. The Bertz CT molecular complexity index is 764. The molecule has 1 spiro atoms. The lowest BCUT2D eigenvalue weighted by molar-refractivity contribution is -0.118. The smallest absolute Gasteiger partial charge is 0.224 e. The van der Waals surface area contributed by atoms with E-state index in [1.165, 1.54) is 11.1 Å². The molecule has 2 aromatic rings. The van der Waals surface area contributed by atoms with Crippen LogP contribution in [0.1, 0.15) is 43.2 Å². The average molecular weight is 356 g/mol. The Morgan fingerprint density at radius 1 is 1.12 bits per heavy atom. The molecule has 0 atom stereocenters. The summed E-state index contributed by atoms with van der Waals surface area (Å²) in [5.74, 6) is 0.505. The lowest BCUT2D eigenvalue weighted by atomic mass is 9.74. The third kappa shape index (κ3) is 3.44. The number of nitrogens with one attached hydrogen (secondary N) is 1. The van der Waals surface area contributed by atoms with Gasteiger partial charge >= 0.3 is 0 Å². The van der Waals surface area contributed by atoms with Crippen LogP contribution in [-0.2, 0) is 21.7 Å². The third-order valence-electron chi connectivity index (χ3n) is 5.53. The first-order chi connectivity index (χ1) is 12.1. The molecule has 0 unspecified atom stereocenters. The van der Waals surface area contributed by atoms with Crippen LogP contribution in [0.3, 0.4) is 0 Å². The van der Waals surface area contributed by atoms with Gasteiger partial charge in [-0.1, -0.05) is 35.9 Å². The number of carbonyl (C=O) groups excluding carboxylic acids is 1. The molecule has 0 aromatic heterocycles. The summed E-state index contributed by atoms with van der Waals surface area (Å²) < 4.78 is 6.20. The lowest BCUT2D eigenvalue weighted by Gasteiger charge is -2.37. The maximum atomic E-state index is 12.3. The fraction of sp³-hybridized carbons (Fsp3) is 0.381. The molecule has 1 amide bonds. The van der Waals surface area contributed by atoms with Gasteiger partial charge in [0.25, 0.3) is 0 Å². The van der Waals surface area contributed by atoms with Crippen molar-refractivity contribution in [2.45, 2.75) is 44.3 Å². The van der Waals surface area contributed by atoms with Crippen LogP contribution in [0.4, 0.5) is 5.69 Å². The monoisotopic (exact) mass is 355 g/mol. The average Bonchev–Trinajstić information content (AvgIpc) is 2.98. The predicted molar refractivity (Wildman–Crippen MR) is 99.6 cm³/mol. The number of fused-ring (bicyclic) bond motifs is 2. The minimum Gasteiger partial charge on any atom is -0.366 e. The van der Waals surface area contributed by atoms with Gasteiger partial charge in [0.1, 0.15) is 0 Å². The van der Waals surface area contributed by atoms with Crippen molar-refractivity contribution >= 4 is 23.2 Å². The molecule has 1 heterocycles. The van der Waals surface area contributed by atoms with Gasteiger partial charge in [0, 0.05) is 17.1 Å². The fourth-order valence-electron chi connectivity index (χ4n) is 4.15. The topological polar surface area (TPSA) is 38.3 Å². The maximum absolute atomic E-state index is 12.3. The van der Waals surface area contributed by atoms with Gasteiger partial charge in [0.15, 0.2) is 0 Å². The van der Waals surface area contributed by atoms with E-state index in [2.05, 4.69) is 29.6 Å². The number of rotatable bonds is 3. The summed E-state index contributed by atoms with van der Waals surface area (Å²) in [6, 6.07) is 15.8. The van der Waals surface area contributed by atoms with Gasteiger partial charge in [-0.3, -0.25) is 4.79 Å². The Kier molecular flexibility index (Phi) is 4.53. The second-order valence-corrected chi connectivity index (χ2v) is 7.58. The van der Waals surface area contributed by atoms with Crippen LogP contribution in [0.5, 0.6) is 0 Å². The minimum atomic E-state index is -0.111. The number of carbonyl (C=O) groups is 1. The van der Waals surface area contributed by atoms with Crippen LogP contribution >= 0.6 is 11.6 Å². The molecule has 1 N–H and O–H groups in total. The molecule has 2 aliphatic rings. The number of hydrogen-bond donors (Lipinski definition) is 1. The molecule has 4 heteroatoms. The van der Waals surface area contributed by atoms with E-state index in [0.717, 1.165) is 38.0 Å². The van der Waals surface area contributed by atoms with Crippen molar-refractivity contribution < 1.29 is 9.53 Å².